The van der Waals surface area contributed by atoms with Gasteiger partial charge in [-0.25, -0.2) is 0 Å². The molecule has 0 rings (SSSR count). The molecule has 0 aromatic carbocycles. The molecule has 0 fully saturated rings. The summed E-state index contributed by atoms with van der Waals surface area (Å²) in [7, 11) is 0. The molecule has 0 radical (unpaired) electrons. The van der Waals surface area contributed by atoms with Crippen molar-refractivity contribution >= 4 is 17.9 Å². The van der Waals surface area contributed by atoms with Crippen molar-refractivity contribution in [2.45, 2.75) is 264 Å². The van der Waals surface area contributed by atoms with Gasteiger partial charge in [0.25, 0.3) is 0 Å². The average Bonchev–Trinajstić information content (AvgIpc) is 3.31. The second-order valence-electron chi connectivity index (χ2n) is 18.1. The zero-order valence-electron chi connectivity index (χ0n) is 43.2. The van der Waals surface area contributed by atoms with Crippen LogP contribution < -0.4 is 0 Å². The van der Waals surface area contributed by atoms with E-state index in [2.05, 4.69) is 93.7 Å². The summed E-state index contributed by atoms with van der Waals surface area (Å²) in [6, 6.07) is 0. The third kappa shape index (κ3) is 51.6. The van der Waals surface area contributed by atoms with Gasteiger partial charge >= 0.3 is 17.9 Å². The summed E-state index contributed by atoms with van der Waals surface area (Å²) in [6.07, 6.45) is 70.3. The Bertz CT molecular complexity index is 1290. The van der Waals surface area contributed by atoms with Gasteiger partial charge in [-0.15, -0.1) is 0 Å². The Morgan fingerprint density at radius 3 is 1.06 bits per heavy atom. The predicted octanol–water partition coefficient (Wildman–Crippen LogP) is 18.4. The van der Waals surface area contributed by atoms with Crippen LogP contribution in [0.2, 0.25) is 0 Å². The molecule has 0 aromatic rings. The van der Waals surface area contributed by atoms with E-state index in [0.717, 1.165) is 89.9 Å². The lowest BCUT2D eigenvalue weighted by Gasteiger charge is -2.18. The van der Waals surface area contributed by atoms with Crippen LogP contribution in [0.1, 0.15) is 258 Å². The summed E-state index contributed by atoms with van der Waals surface area (Å²) in [4.78, 5) is 37.9. The quantitative estimate of drug-likeness (QED) is 0.0262. The Morgan fingerprint density at radius 2 is 0.652 bits per heavy atom. The number of unbranched alkanes of at least 4 members (excludes halogenated alkanes) is 24. The summed E-state index contributed by atoms with van der Waals surface area (Å²) in [5.74, 6) is -1.00. The number of rotatable bonds is 49. The highest BCUT2D eigenvalue weighted by atomic mass is 16.6. The van der Waals surface area contributed by atoms with E-state index in [4.69, 9.17) is 14.2 Å². The van der Waals surface area contributed by atoms with E-state index in [9.17, 15) is 14.4 Å². The fraction of sp³-hybridized carbons (Fsp3) is 0.717. The van der Waals surface area contributed by atoms with Gasteiger partial charge in [0.2, 0.25) is 0 Å². The second-order valence-corrected chi connectivity index (χ2v) is 18.1. The van der Waals surface area contributed by atoms with E-state index in [1.54, 1.807) is 0 Å². The summed E-state index contributed by atoms with van der Waals surface area (Å²) >= 11 is 0. The van der Waals surface area contributed by atoms with Crippen LogP contribution in [0.25, 0.3) is 0 Å². The molecule has 0 saturated carbocycles. The molecule has 6 nitrogen and oxygen atoms in total. The van der Waals surface area contributed by atoms with Gasteiger partial charge in [0, 0.05) is 19.3 Å². The van der Waals surface area contributed by atoms with Crippen molar-refractivity contribution < 1.29 is 28.6 Å². The summed E-state index contributed by atoms with van der Waals surface area (Å²) in [5, 5.41) is 0. The molecule has 0 aliphatic carbocycles. The molecule has 0 aliphatic heterocycles. The second kappa shape index (κ2) is 54.2. The average molecular weight is 919 g/mol. The van der Waals surface area contributed by atoms with Crippen molar-refractivity contribution in [3.05, 3.63) is 85.1 Å². The summed E-state index contributed by atoms with van der Waals surface area (Å²) < 4.78 is 16.7. The summed E-state index contributed by atoms with van der Waals surface area (Å²) in [5.41, 5.74) is 0. The van der Waals surface area contributed by atoms with Crippen LogP contribution in [-0.4, -0.2) is 37.2 Å². The van der Waals surface area contributed by atoms with Crippen molar-refractivity contribution in [1.82, 2.24) is 0 Å². The van der Waals surface area contributed by atoms with Gasteiger partial charge in [0.05, 0.1) is 0 Å². The van der Waals surface area contributed by atoms with Crippen molar-refractivity contribution in [3.8, 4) is 0 Å². The minimum absolute atomic E-state index is 0.108. The van der Waals surface area contributed by atoms with Crippen LogP contribution in [0, 0.1) is 0 Å². The highest BCUT2D eigenvalue weighted by molar-refractivity contribution is 5.71. The Kier molecular flexibility index (Phi) is 51.4. The van der Waals surface area contributed by atoms with E-state index in [1.165, 1.54) is 122 Å². The lowest BCUT2D eigenvalue weighted by atomic mass is 10.0. The van der Waals surface area contributed by atoms with Gasteiger partial charge in [0.1, 0.15) is 13.2 Å². The predicted molar refractivity (Wildman–Crippen MR) is 284 cm³/mol. The first-order valence-corrected chi connectivity index (χ1v) is 27.6. The third-order valence-electron chi connectivity index (χ3n) is 11.6. The zero-order chi connectivity index (χ0) is 47.9. The van der Waals surface area contributed by atoms with Crippen molar-refractivity contribution in [2.24, 2.45) is 0 Å². The minimum atomic E-state index is -0.817. The number of hydrogen-bond donors (Lipinski definition) is 0. The SMILES string of the molecule is CC/C=C\C/C=C\C/C=C\C/C=C\CCC(=O)OC(COC(=O)CCCCCCC/C=C\CCC)COC(=O)CCCCCCCCCCCCCCC/C=C\C/C=C\CCCCCCC. The third-order valence-corrected chi connectivity index (χ3v) is 11.6. The largest absolute Gasteiger partial charge is 0.462 e. The number of allylic oxidation sites excluding steroid dienone is 14. The first kappa shape index (κ1) is 62.6. The Labute approximate surface area is 407 Å². The van der Waals surface area contributed by atoms with Gasteiger partial charge in [-0.3, -0.25) is 14.4 Å². The number of carbonyl (C=O) groups excluding carboxylic acids is 3. The number of esters is 3. The molecule has 0 spiro atoms. The molecule has 0 heterocycles. The topological polar surface area (TPSA) is 78.9 Å². The molecule has 0 bridgehead atoms. The minimum Gasteiger partial charge on any atom is -0.462 e. The number of hydrogen-bond acceptors (Lipinski definition) is 6. The van der Waals surface area contributed by atoms with Gasteiger partial charge in [-0.2, -0.15) is 0 Å². The smallest absolute Gasteiger partial charge is 0.306 e. The number of carbonyl (C=O) groups is 3. The van der Waals surface area contributed by atoms with Crippen molar-refractivity contribution in [3.63, 3.8) is 0 Å². The van der Waals surface area contributed by atoms with Crippen LogP contribution >= 0.6 is 0 Å². The van der Waals surface area contributed by atoms with E-state index < -0.39 is 12.1 Å². The van der Waals surface area contributed by atoms with Crippen LogP contribution in [0.5, 0.6) is 0 Å². The zero-order valence-corrected chi connectivity index (χ0v) is 43.2. The summed E-state index contributed by atoms with van der Waals surface area (Å²) in [6.45, 7) is 6.38. The molecule has 0 saturated heterocycles. The first-order chi connectivity index (χ1) is 32.5. The number of ether oxygens (including phenoxy) is 3. The van der Waals surface area contributed by atoms with Crippen LogP contribution in [0.15, 0.2) is 85.1 Å². The van der Waals surface area contributed by atoms with Crippen LogP contribution in [-0.2, 0) is 28.6 Å². The molecule has 0 aromatic heterocycles. The molecule has 66 heavy (non-hydrogen) atoms. The van der Waals surface area contributed by atoms with Crippen LogP contribution in [0.3, 0.4) is 0 Å². The maximum Gasteiger partial charge on any atom is 0.306 e. The molecule has 1 unspecified atom stereocenters. The highest BCUT2D eigenvalue weighted by Gasteiger charge is 2.19. The molecular formula is C60H102O6. The van der Waals surface area contributed by atoms with E-state index in [0.29, 0.717) is 19.3 Å². The monoisotopic (exact) mass is 919 g/mol. The fourth-order valence-corrected chi connectivity index (χ4v) is 7.49. The Hall–Kier alpha value is -3.41. The molecule has 1 atom stereocenters. The van der Waals surface area contributed by atoms with E-state index in [1.807, 2.05) is 12.2 Å². The lowest BCUT2D eigenvalue weighted by Crippen LogP contribution is -2.30. The van der Waals surface area contributed by atoms with Gasteiger partial charge in [-0.05, 0) is 96.3 Å². The van der Waals surface area contributed by atoms with Gasteiger partial charge < -0.3 is 14.2 Å². The Balaban J connectivity index is 4.26. The van der Waals surface area contributed by atoms with Gasteiger partial charge in [-0.1, -0.05) is 228 Å². The molecule has 0 amide bonds. The molecule has 0 N–H and O–H groups in total. The molecular weight excluding hydrogens is 817 g/mol. The van der Waals surface area contributed by atoms with Crippen molar-refractivity contribution in [1.29, 1.82) is 0 Å². The highest BCUT2D eigenvalue weighted by Crippen LogP contribution is 2.15. The van der Waals surface area contributed by atoms with E-state index in [-0.39, 0.29) is 31.6 Å². The maximum absolute atomic E-state index is 12.7. The Morgan fingerprint density at radius 1 is 0.318 bits per heavy atom. The standard InChI is InChI=1S/C60H102O6/c1-4-7-10-13-16-19-22-24-25-26-27-28-29-30-31-32-33-34-35-37-38-41-44-47-50-53-59(62)65-56-57(55-64-58(61)52-49-46-43-40-21-18-15-12-9-6-3)66-60(63)54-51-48-45-42-39-36-23-20-17-14-11-8-5-2/h8,11-12,15,17,20,22,24,26-27,36,39,45,48,57H,4-7,9-10,13-14,16,18-19,21,23,25,28-35,37-38,40-44,46-47,49-56H2,1-3H3/b11-8-,15-12-,20-17-,24-22-,27-26-,39-36-,48-45-. The molecule has 0 aliphatic rings. The normalized spacial score (nSPS) is 12.7. The lowest BCUT2D eigenvalue weighted by molar-refractivity contribution is -0.166. The fourth-order valence-electron chi connectivity index (χ4n) is 7.49. The maximum atomic E-state index is 12.7. The molecule has 378 valence electrons. The van der Waals surface area contributed by atoms with Crippen molar-refractivity contribution in [2.75, 3.05) is 13.2 Å². The first-order valence-electron chi connectivity index (χ1n) is 27.6. The van der Waals surface area contributed by atoms with Crippen LogP contribution in [0.4, 0.5) is 0 Å². The molecule has 6 heteroatoms. The van der Waals surface area contributed by atoms with Gasteiger partial charge in [0.15, 0.2) is 6.10 Å². The van der Waals surface area contributed by atoms with E-state index >= 15 is 0 Å².